The van der Waals surface area contributed by atoms with Crippen LogP contribution >= 0.6 is 0 Å². The lowest BCUT2D eigenvalue weighted by molar-refractivity contribution is -0.112. The summed E-state index contributed by atoms with van der Waals surface area (Å²) in [4.78, 5) is 28.4. The number of ketones is 1. The Bertz CT molecular complexity index is 1260. The molecule has 1 amide bonds. The van der Waals surface area contributed by atoms with E-state index in [0.717, 1.165) is 29.6 Å². The van der Waals surface area contributed by atoms with E-state index in [0.29, 0.717) is 23.7 Å². The van der Waals surface area contributed by atoms with Crippen LogP contribution < -0.4 is 10.1 Å². The summed E-state index contributed by atoms with van der Waals surface area (Å²) in [5.74, 6) is -0.643. The second-order valence-electron chi connectivity index (χ2n) is 8.08. The van der Waals surface area contributed by atoms with Gasteiger partial charge in [0.15, 0.2) is 0 Å². The molecular weight excluding hydrogens is 414 g/mol. The maximum absolute atomic E-state index is 13.3. The molecule has 1 N–H and O–H groups in total. The monoisotopic (exact) mass is 441 g/mol. The molecule has 0 radical (unpaired) electrons. The first-order chi connectivity index (χ1) is 16.0. The van der Waals surface area contributed by atoms with Crippen molar-refractivity contribution in [1.29, 1.82) is 0 Å². The molecule has 0 unspecified atom stereocenters. The summed E-state index contributed by atoms with van der Waals surface area (Å²) in [5.41, 5.74) is 3.30. The summed E-state index contributed by atoms with van der Waals surface area (Å²) >= 11 is 0. The number of carbonyl (C=O) groups excluding carboxylic acids is 2. The lowest BCUT2D eigenvalue weighted by Gasteiger charge is -2.11. The number of Topliss-reactive ketones (excluding diaryl/α,β-unsaturated/α-hetero) is 1. The minimum absolute atomic E-state index is 0.338. The first-order valence-electron chi connectivity index (χ1n) is 10.9. The van der Waals surface area contributed by atoms with Gasteiger partial charge in [0.05, 0.1) is 6.61 Å². The maximum atomic E-state index is 13.3. The summed E-state index contributed by atoms with van der Waals surface area (Å²) in [7, 11) is 4.04. The van der Waals surface area contributed by atoms with Gasteiger partial charge < -0.3 is 19.4 Å². The SMILES string of the molecule is CN(C)CCCOc1cccc(NC(=O)C(=O)c2c(-c3ccccc3)cc3ccccn23)c1. The molecule has 6 heteroatoms. The Morgan fingerprint density at radius 3 is 2.52 bits per heavy atom. The maximum Gasteiger partial charge on any atom is 0.298 e. The van der Waals surface area contributed by atoms with E-state index < -0.39 is 11.7 Å². The highest BCUT2D eigenvalue weighted by molar-refractivity contribution is 6.47. The smallest absolute Gasteiger partial charge is 0.298 e. The molecule has 0 atom stereocenters. The fourth-order valence-corrected chi connectivity index (χ4v) is 3.72. The van der Waals surface area contributed by atoms with Gasteiger partial charge in [0.25, 0.3) is 11.7 Å². The minimum Gasteiger partial charge on any atom is -0.493 e. The van der Waals surface area contributed by atoms with Crippen molar-refractivity contribution in [3.8, 4) is 16.9 Å². The van der Waals surface area contributed by atoms with Crippen molar-refractivity contribution in [3.05, 3.63) is 90.8 Å². The molecule has 0 aliphatic carbocycles. The number of anilines is 1. The Hall–Kier alpha value is -3.90. The van der Waals surface area contributed by atoms with Gasteiger partial charge in [-0.2, -0.15) is 0 Å². The van der Waals surface area contributed by atoms with Crippen LogP contribution in [-0.4, -0.2) is 48.2 Å². The largest absolute Gasteiger partial charge is 0.493 e. The number of amides is 1. The van der Waals surface area contributed by atoms with Gasteiger partial charge in [0.1, 0.15) is 11.4 Å². The Kier molecular flexibility index (Phi) is 6.86. The van der Waals surface area contributed by atoms with Crippen molar-refractivity contribution in [2.45, 2.75) is 6.42 Å². The molecule has 168 valence electrons. The van der Waals surface area contributed by atoms with Crippen molar-refractivity contribution in [2.75, 3.05) is 32.6 Å². The van der Waals surface area contributed by atoms with Gasteiger partial charge in [-0.1, -0.05) is 42.5 Å². The third-order valence-corrected chi connectivity index (χ3v) is 5.30. The number of benzene rings is 2. The molecule has 2 heterocycles. The zero-order valence-corrected chi connectivity index (χ0v) is 18.8. The minimum atomic E-state index is -0.694. The number of nitrogens with one attached hydrogen (secondary N) is 1. The van der Waals surface area contributed by atoms with Crippen LogP contribution in [0.3, 0.4) is 0 Å². The van der Waals surface area contributed by atoms with Crippen LogP contribution in [0, 0.1) is 0 Å². The van der Waals surface area contributed by atoms with Gasteiger partial charge in [-0.15, -0.1) is 0 Å². The van der Waals surface area contributed by atoms with Crippen molar-refractivity contribution < 1.29 is 14.3 Å². The van der Waals surface area contributed by atoms with Gasteiger partial charge in [0.2, 0.25) is 0 Å². The average Bonchev–Trinajstić information content (AvgIpc) is 3.21. The van der Waals surface area contributed by atoms with Crippen LogP contribution in [0.15, 0.2) is 85.1 Å². The van der Waals surface area contributed by atoms with Crippen molar-refractivity contribution in [1.82, 2.24) is 9.30 Å². The zero-order chi connectivity index (χ0) is 23.2. The zero-order valence-electron chi connectivity index (χ0n) is 18.8. The average molecular weight is 442 g/mol. The van der Waals surface area contributed by atoms with Gasteiger partial charge in [-0.3, -0.25) is 9.59 Å². The summed E-state index contributed by atoms with van der Waals surface area (Å²) in [6, 6.07) is 24.3. The lowest BCUT2D eigenvalue weighted by Crippen LogP contribution is -2.24. The van der Waals surface area contributed by atoms with Crippen LogP contribution in [-0.2, 0) is 4.79 Å². The number of hydrogen-bond donors (Lipinski definition) is 1. The molecule has 4 aromatic rings. The topological polar surface area (TPSA) is 63.0 Å². The molecule has 0 bridgehead atoms. The Labute approximate surface area is 193 Å². The Morgan fingerprint density at radius 2 is 1.73 bits per heavy atom. The predicted octanol–water partition coefficient (Wildman–Crippen LogP) is 4.76. The first-order valence-corrected chi connectivity index (χ1v) is 10.9. The van der Waals surface area contributed by atoms with E-state index in [1.807, 2.05) is 74.8 Å². The molecule has 6 nitrogen and oxygen atoms in total. The fourth-order valence-electron chi connectivity index (χ4n) is 3.72. The standard InChI is InChI=1S/C27H27N3O3/c1-29(2)15-9-17-33-23-14-8-12-21(18-23)28-27(32)26(31)25-24(20-10-4-3-5-11-20)19-22-13-6-7-16-30(22)25/h3-8,10-14,16,18-19H,9,15,17H2,1-2H3,(H,28,32). The van der Waals surface area contributed by atoms with Gasteiger partial charge in [0, 0.05) is 35.6 Å². The van der Waals surface area contributed by atoms with Crippen molar-refractivity contribution >= 4 is 22.9 Å². The number of nitrogens with zero attached hydrogens (tertiary/aromatic N) is 2. The molecule has 0 spiro atoms. The Balaban J connectivity index is 1.55. The highest BCUT2D eigenvalue weighted by atomic mass is 16.5. The molecule has 2 aromatic carbocycles. The molecule has 0 aliphatic rings. The number of ether oxygens (including phenoxy) is 1. The third-order valence-electron chi connectivity index (χ3n) is 5.30. The molecule has 33 heavy (non-hydrogen) atoms. The van der Waals surface area contributed by atoms with Crippen molar-refractivity contribution in [2.24, 2.45) is 0 Å². The van der Waals surface area contributed by atoms with E-state index in [4.69, 9.17) is 4.74 Å². The summed E-state index contributed by atoms with van der Waals surface area (Å²) in [6.45, 7) is 1.50. The summed E-state index contributed by atoms with van der Waals surface area (Å²) < 4.78 is 7.54. The number of aromatic nitrogens is 1. The highest BCUT2D eigenvalue weighted by Gasteiger charge is 2.24. The molecule has 4 rings (SSSR count). The van der Waals surface area contributed by atoms with Crippen LogP contribution in [0.4, 0.5) is 5.69 Å². The first kappa shape index (κ1) is 22.3. The van der Waals surface area contributed by atoms with Crippen LogP contribution in [0.5, 0.6) is 5.75 Å². The van der Waals surface area contributed by atoms with E-state index in [1.54, 1.807) is 28.8 Å². The highest BCUT2D eigenvalue weighted by Crippen LogP contribution is 2.28. The molecule has 0 saturated carbocycles. The van der Waals surface area contributed by atoms with E-state index in [2.05, 4.69) is 10.2 Å². The quantitative estimate of drug-likeness (QED) is 0.231. The fraction of sp³-hybridized carbons (Fsp3) is 0.185. The third kappa shape index (κ3) is 5.30. The molecule has 2 aromatic heterocycles. The number of hydrogen-bond acceptors (Lipinski definition) is 4. The summed E-state index contributed by atoms with van der Waals surface area (Å²) in [6.07, 6.45) is 2.69. The van der Waals surface area contributed by atoms with E-state index in [1.165, 1.54) is 0 Å². The molecular formula is C27H27N3O3. The normalized spacial score (nSPS) is 11.0. The summed E-state index contributed by atoms with van der Waals surface area (Å²) in [5, 5.41) is 2.73. The van der Waals surface area contributed by atoms with Gasteiger partial charge in [-0.05, 0) is 56.4 Å². The number of carbonyl (C=O) groups is 2. The number of fused-ring (bicyclic) bond motifs is 1. The lowest BCUT2D eigenvalue weighted by atomic mass is 10.0. The Morgan fingerprint density at radius 1 is 0.939 bits per heavy atom. The number of rotatable bonds is 9. The predicted molar refractivity (Wildman–Crippen MR) is 131 cm³/mol. The van der Waals surface area contributed by atoms with Crippen LogP contribution in [0.1, 0.15) is 16.9 Å². The number of pyridine rings is 1. The molecule has 0 aliphatic heterocycles. The second kappa shape index (κ2) is 10.1. The second-order valence-corrected chi connectivity index (χ2v) is 8.08. The molecule has 0 fully saturated rings. The van der Waals surface area contributed by atoms with Crippen LogP contribution in [0.2, 0.25) is 0 Å². The van der Waals surface area contributed by atoms with Gasteiger partial charge >= 0.3 is 0 Å². The van der Waals surface area contributed by atoms with E-state index in [9.17, 15) is 9.59 Å². The van der Waals surface area contributed by atoms with Gasteiger partial charge in [-0.25, -0.2) is 0 Å². The van der Waals surface area contributed by atoms with Crippen LogP contribution in [0.25, 0.3) is 16.6 Å². The molecule has 0 saturated heterocycles. The van der Waals surface area contributed by atoms with E-state index >= 15 is 0 Å². The van der Waals surface area contributed by atoms with E-state index in [-0.39, 0.29) is 0 Å². The van der Waals surface area contributed by atoms with Crippen molar-refractivity contribution in [3.63, 3.8) is 0 Å².